The Morgan fingerprint density at radius 1 is 1.15 bits per heavy atom. The zero-order valence-corrected chi connectivity index (χ0v) is 16.3. The molecular formula is C20H30N4OS. The zero-order valence-electron chi connectivity index (χ0n) is 15.4. The van der Waals surface area contributed by atoms with Crippen molar-refractivity contribution in [2.45, 2.75) is 56.3 Å². The van der Waals surface area contributed by atoms with Crippen LogP contribution >= 0.6 is 11.8 Å². The Labute approximate surface area is 160 Å². The first-order valence-corrected chi connectivity index (χ1v) is 11.1. The molecular weight excluding hydrogens is 344 g/mol. The highest BCUT2D eigenvalue weighted by molar-refractivity contribution is 7.99. The van der Waals surface area contributed by atoms with Crippen LogP contribution in [0, 0.1) is 5.92 Å². The number of hydrogen-bond acceptors (Lipinski definition) is 6. The van der Waals surface area contributed by atoms with Gasteiger partial charge >= 0.3 is 0 Å². The molecule has 1 aromatic heterocycles. The van der Waals surface area contributed by atoms with Gasteiger partial charge in [-0.1, -0.05) is 31.8 Å². The average molecular weight is 375 g/mol. The van der Waals surface area contributed by atoms with E-state index in [1.165, 1.54) is 44.1 Å². The molecule has 0 amide bonds. The second-order valence-corrected chi connectivity index (χ2v) is 9.32. The van der Waals surface area contributed by atoms with E-state index in [9.17, 15) is 5.11 Å². The first kappa shape index (κ1) is 18.3. The molecule has 26 heavy (non-hydrogen) atoms. The van der Waals surface area contributed by atoms with Crippen molar-refractivity contribution >= 4 is 23.2 Å². The molecule has 6 heteroatoms. The Kier molecular flexibility index (Phi) is 5.81. The number of fused-ring (bicyclic) bond motifs is 1. The van der Waals surface area contributed by atoms with Crippen LogP contribution in [0.15, 0.2) is 12.4 Å². The van der Waals surface area contributed by atoms with E-state index >= 15 is 0 Å². The molecule has 3 N–H and O–H groups in total. The maximum atomic E-state index is 10.5. The highest BCUT2D eigenvalue weighted by Crippen LogP contribution is 2.33. The molecule has 1 aliphatic heterocycles. The number of nitrogens with two attached hydrogens (primary N) is 1. The van der Waals surface area contributed by atoms with Crippen LogP contribution in [0.2, 0.25) is 0 Å². The zero-order chi connectivity index (χ0) is 17.9. The lowest BCUT2D eigenvalue weighted by Crippen LogP contribution is -2.24. The Balaban J connectivity index is 1.30. The molecule has 3 aliphatic rings. The molecule has 1 aromatic rings. The molecule has 2 heterocycles. The number of likely N-dealkylation sites (tertiary alicyclic amines) is 1. The van der Waals surface area contributed by atoms with Crippen molar-refractivity contribution in [3.05, 3.63) is 23.7 Å². The Morgan fingerprint density at radius 3 is 2.77 bits per heavy atom. The first-order valence-electron chi connectivity index (χ1n) is 10.0. The Morgan fingerprint density at radius 2 is 1.96 bits per heavy atom. The predicted octanol–water partition coefficient (Wildman–Crippen LogP) is 2.75. The summed E-state index contributed by atoms with van der Waals surface area (Å²) in [6.07, 6.45) is 12.7. The number of nitrogens with zero attached hydrogens (tertiary/aromatic N) is 3. The number of aliphatic hydroxyl groups excluding tert-OH is 1. The number of allylic oxidation sites excluding steroid dienone is 1. The molecule has 0 aromatic carbocycles. The molecule has 142 valence electrons. The maximum absolute atomic E-state index is 10.5. The lowest BCUT2D eigenvalue weighted by atomic mass is 10.1. The van der Waals surface area contributed by atoms with Gasteiger partial charge in [0.05, 0.1) is 11.8 Å². The van der Waals surface area contributed by atoms with Crippen molar-refractivity contribution in [2.75, 3.05) is 31.1 Å². The molecule has 1 unspecified atom stereocenters. The van der Waals surface area contributed by atoms with Gasteiger partial charge in [-0.2, -0.15) is 11.8 Å². The second-order valence-electron chi connectivity index (χ2n) is 7.99. The lowest BCUT2D eigenvalue weighted by molar-refractivity contribution is 0.151. The molecule has 2 fully saturated rings. The number of aliphatic hydroxyl groups is 1. The SMILES string of the molecule is Nc1ncnc2c1CC=C2CN1CC(O)[C@@H](CSC2CCCCCC2)C1. The van der Waals surface area contributed by atoms with Crippen LogP contribution in [0.3, 0.4) is 0 Å². The smallest absolute Gasteiger partial charge is 0.130 e. The summed E-state index contributed by atoms with van der Waals surface area (Å²) >= 11 is 2.11. The van der Waals surface area contributed by atoms with Gasteiger partial charge in [0.2, 0.25) is 0 Å². The number of thioether (sulfide) groups is 1. The number of β-amino-alcohol motifs (C(OH)–C–C–N with tert-alkyl or cyclic N) is 1. The largest absolute Gasteiger partial charge is 0.391 e. The van der Waals surface area contributed by atoms with Crippen molar-refractivity contribution in [3.63, 3.8) is 0 Å². The Hall–Kier alpha value is -1.11. The molecule has 2 aliphatic carbocycles. The summed E-state index contributed by atoms with van der Waals surface area (Å²) in [6, 6.07) is 0. The summed E-state index contributed by atoms with van der Waals surface area (Å²) in [7, 11) is 0. The van der Waals surface area contributed by atoms with E-state index in [4.69, 9.17) is 5.73 Å². The van der Waals surface area contributed by atoms with Gasteiger partial charge in [0.25, 0.3) is 0 Å². The third kappa shape index (κ3) is 4.07. The number of hydrogen-bond donors (Lipinski definition) is 2. The number of anilines is 1. The van der Waals surface area contributed by atoms with Gasteiger partial charge in [-0.15, -0.1) is 0 Å². The van der Waals surface area contributed by atoms with E-state index < -0.39 is 0 Å². The summed E-state index contributed by atoms with van der Waals surface area (Å²) < 4.78 is 0. The van der Waals surface area contributed by atoms with Crippen molar-refractivity contribution in [1.82, 2.24) is 14.9 Å². The molecule has 0 spiro atoms. The van der Waals surface area contributed by atoms with E-state index in [1.54, 1.807) is 6.33 Å². The summed E-state index contributed by atoms with van der Waals surface area (Å²) in [5.41, 5.74) is 9.26. The van der Waals surface area contributed by atoms with Gasteiger partial charge in [0.1, 0.15) is 12.1 Å². The van der Waals surface area contributed by atoms with E-state index in [-0.39, 0.29) is 6.10 Å². The number of nitrogen functional groups attached to an aromatic ring is 1. The van der Waals surface area contributed by atoms with Crippen LogP contribution in [0.5, 0.6) is 0 Å². The molecule has 1 saturated carbocycles. The Bertz CT molecular complexity index is 657. The minimum Gasteiger partial charge on any atom is -0.391 e. The molecule has 1 saturated heterocycles. The minimum atomic E-state index is -0.203. The van der Waals surface area contributed by atoms with E-state index in [0.717, 1.165) is 48.3 Å². The monoisotopic (exact) mass is 374 g/mol. The third-order valence-electron chi connectivity index (χ3n) is 6.06. The predicted molar refractivity (Wildman–Crippen MR) is 108 cm³/mol. The maximum Gasteiger partial charge on any atom is 0.130 e. The first-order chi connectivity index (χ1) is 12.7. The van der Waals surface area contributed by atoms with Gasteiger partial charge in [-0.25, -0.2) is 9.97 Å². The van der Waals surface area contributed by atoms with Gasteiger partial charge < -0.3 is 10.8 Å². The van der Waals surface area contributed by atoms with Crippen LogP contribution in [-0.2, 0) is 6.42 Å². The standard InChI is InChI=1S/C20H30N4OS/c21-20-17-8-7-14(19(17)22-13-23-20)9-24-10-15(18(25)11-24)12-26-16-5-3-1-2-4-6-16/h7,13,15-16,18,25H,1-6,8-12H2,(H2,21,22,23)/t15-,18?/m1/s1. The van der Waals surface area contributed by atoms with Crippen molar-refractivity contribution in [2.24, 2.45) is 5.92 Å². The van der Waals surface area contributed by atoms with Crippen LogP contribution in [0.1, 0.15) is 49.8 Å². The van der Waals surface area contributed by atoms with Gasteiger partial charge in [0, 0.05) is 42.1 Å². The number of rotatable bonds is 5. The van der Waals surface area contributed by atoms with Crippen LogP contribution in [-0.4, -0.2) is 56.7 Å². The van der Waals surface area contributed by atoms with Crippen LogP contribution in [0.4, 0.5) is 5.82 Å². The number of aromatic nitrogens is 2. The fourth-order valence-corrected chi connectivity index (χ4v) is 6.02. The molecule has 0 bridgehead atoms. The van der Waals surface area contributed by atoms with Crippen molar-refractivity contribution in [1.29, 1.82) is 0 Å². The highest BCUT2D eigenvalue weighted by atomic mass is 32.2. The van der Waals surface area contributed by atoms with Gasteiger partial charge in [-0.05, 0) is 24.8 Å². The third-order valence-corrected chi connectivity index (χ3v) is 7.62. The molecule has 5 nitrogen and oxygen atoms in total. The fraction of sp³-hybridized carbons (Fsp3) is 0.700. The average Bonchev–Trinajstić information content (AvgIpc) is 3.08. The van der Waals surface area contributed by atoms with E-state index in [1.807, 2.05) is 0 Å². The van der Waals surface area contributed by atoms with Crippen LogP contribution < -0.4 is 5.73 Å². The topological polar surface area (TPSA) is 75.3 Å². The summed E-state index contributed by atoms with van der Waals surface area (Å²) in [5.74, 6) is 2.08. The van der Waals surface area contributed by atoms with Crippen LogP contribution in [0.25, 0.3) is 5.57 Å². The molecule has 2 atom stereocenters. The summed E-state index contributed by atoms with van der Waals surface area (Å²) in [4.78, 5) is 10.9. The second kappa shape index (κ2) is 8.28. The highest BCUT2D eigenvalue weighted by Gasteiger charge is 2.33. The summed E-state index contributed by atoms with van der Waals surface area (Å²) in [5, 5.41) is 11.3. The van der Waals surface area contributed by atoms with E-state index in [2.05, 4.69) is 32.7 Å². The fourth-order valence-electron chi connectivity index (χ4n) is 4.51. The van der Waals surface area contributed by atoms with Gasteiger partial charge in [0.15, 0.2) is 0 Å². The van der Waals surface area contributed by atoms with Crippen molar-refractivity contribution < 1.29 is 5.11 Å². The molecule has 0 radical (unpaired) electrons. The minimum absolute atomic E-state index is 0.203. The van der Waals surface area contributed by atoms with Gasteiger partial charge in [-0.3, -0.25) is 4.90 Å². The quantitative estimate of drug-likeness (QED) is 0.772. The molecule has 4 rings (SSSR count). The normalized spacial score (nSPS) is 27.3. The lowest BCUT2D eigenvalue weighted by Gasteiger charge is -2.19. The summed E-state index contributed by atoms with van der Waals surface area (Å²) in [6.45, 7) is 2.60. The van der Waals surface area contributed by atoms with Crippen molar-refractivity contribution in [3.8, 4) is 0 Å². The van der Waals surface area contributed by atoms with E-state index in [0.29, 0.717) is 11.7 Å².